The van der Waals surface area contributed by atoms with Gasteiger partial charge in [-0.25, -0.2) is 5.43 Å². The average Bonchev–Trinajstić information content (AvgIpc) is 2.59. The molecule has 1 heterocycles. The van der Waals surface area contributed by atoms with Crippen LogP contribution in [-0.2, 0) is 4.79 Å². The fourth-order valence-corrected chi connectivity index (χ4v) is 1.70. The van der Waals surface area contributed by atoms with Crippen molar-refractivity contribution in [2.45, 2.75) is 6.92 Å². The summed E-state index contributed by atoms with van der Waals surface area (Å²) in [6.07, 6.45) is 3.03. The van der Waals surface area contributed by atoms with Gasteiger partial charge in [-0.3, -0.25) is 14.6 Å². The number of hydrogen-bond acceptors (Lipinski definition) is 4. The van der Waals surface area contributed by atoms with Gasteiger partial charge in [-0.1, -0.05) is 30.3 Å². The van der Waals surface area contributed by atoms with Gasteiger partial charge in [0.05, 0.1) is 12.3 Å². The molecule has 0 aliphatic heterocycles. The third-order valence-electron chi connectivity index (χ3n) is 2.89. The first-order valence-electron chi connectivity index (χ1n) is 6.73. The molecule has 0 unspecified atom stereocenters. The molecular weight excluding hydrogens is 280 g/mol. The summed E-state index contributed by atoms with van der Waals surface area (Å²) in [5, 5.41) is 6.52. The predicted molar refractivity (Wildman–Crippen MR) is 83.4 cm³/mol. The quantitative estimate of drug-likeness (QED) is 0.645. The molecule has 6 heteroatoms. The molecule has 0 radical (unpaired) electrons. The van der Waals surface area contributed by atoms with Gasteiger partial charge in [0.1, 0.15) is 0 Å². The van der Waals surface area contributed by atoms with Crippen molar-refractivity contribution < 1.29 is 9.59 Å². The highest BCUT2D eigenvalue weighted by Gasteiger charge is 2.07. The number of carbonyl (C=O) groups is 2. The maximum absolute atomic E-state index is 11.8. The van der Waals surface area contributed by atoms with E-state index in [1.807, 2.05) is 30.3 Å². The van der Waals surface area contributed by atoms with Crippen LogP contribution in [0.25, 0.3) is 0 Å². The highest BCUT2D eigenvalue weighted by molar-refractivity contribution is 5.99. The van der Waals surface area contributed by atoms with Gasteiger partial charge in [-0.05, 0) is 24.6 Å². The molecule has 0 aliphatic rings. The van der Waals surface area contributed by atoms with Crippen LogP contribution in [0.1, 0.15) is 22.8 Å². The molecule has 0 saturated carbocycles. The van der Waals surface area contributed by atoms with Crippen LogP contribution in [0.3, 0.4) is 0 Å². The number of pyridine rings is 1. The summed E-state index contributed by atoms with van der Waals surface area (Å²) < 4.78 is 0. The van der Waals surface area contributed by atoms with Gasteiger partial charge in [-0.2, -0.15) is 5.10 Å². The third kappa shape index (κ3) is 4.52. The molecular formula is C16H16N4O2. The van der Waals surface area contributed by atoms with E-state index in [0.29, 0.717) is 11.3 Å². The lowest BCUT2D eigenvalue weighted by Crippen LogP contribution is -2.35. The first kappa shape index (κ1) is 15.4. The topological polar surface area (TPSA) is 83.5 Å². The molecule has 1 aromatic carbocycles. The SMILES string of the molecule is C/C(=N\NC(=O)CNC(=O)c1ccncc1)c1ccccc1. The van der Waals surface area contributed by atoms with Crippen molar-refractivity contribution in [2.75, 3.05) is 6.54 Å². The predicted octanol–water partition coefficient (Wildman–Crippen LogP) is 1.35. The number of amides is 2. The Labute approximate surface area is 128 Å². The first-order valence-corrected chi connectivity index (χ1v) is 6.73. The Morgan fingerprint density at radius 2 is 1.73 bits per heavy atom. The van der Waals surface area contributed by atoms with E-state index in [4.69, 9.17) is 0 Å². The number of nitrogens with one attached hydrogen (secondary N) is 2. The molecule has 1 aromatic heterocycles. The van der Waals surface area contributed by atoms with Crippen LogP contribution >= 0.6 is 0 Å². The van der Waals surface area contributed by atoms with Gasteiger partial charge in [0, 0.05) is 18.0 Å². The zero-order valence-corrected chi connectivity index (χ0v) is 12.1. The van der Waals surface area contributed by atoms with Gasteiger partial charge in [0.2, 0.25) is 0 Å². The fraction of sp³-hybridized carbons (Fsp3) is 0.125. The Kier molecular flexibility index (Phi) is 5.37. The second kappa shape index (κ2) is 7.68. The van der Waals surface area contributed by atoms with Gasteiger partial charge in [0.25, 0.3) is 11.8 Å². The molecule has 0 fully saturated rings. The van der Waals surface area contributed by atoms with E-state index in [0.717, 1.165) is 5.56 Å². The molecule has 2 aromatic rings. The molecule has 2 rings (SSSR count). The number of aromatic nitrogens is 1. The molecule has 0 bridgehead atoms. The minimum Gasteiger partial charge on any atom is -0.343 e. The van der Waals surface area contributed by atoms with Gasteiger partial charge >= 0.3 is 0 Å². The largest absolute Gasteiger partial charge is 0.343 e. The monoisotopic (exact) mass is 296 g/mol. The molecule has 22 heavy (non-hydrogen) atoms. The summed E-state index contributed by atoms with van der Waals surface area (Å²) in [5.74, 6) is -0.723. The van der Waals surface area contributed by atoms with Crippen LogP contribution in [0.15, 0.2) is 60.0 Å². The summed E-state index contributed by atoms with van der Waals surface area (Å²) in [6, 6.07) is 12.6. The normalized spacial score (nSPS) is 10.9. The van der Waals surface area contributed by atoms with Crippen LogP contribution in [0.4, 0.5) is 0 Å². The second-order valence-electron chi connectivity index (χ2n) is 4.52. The van der Waals surface area contributed by atoms with Crippen LogP contribution in [0, 0.1) is 0 Å². The van der Waals surface area contributed by atoms with Crippen LogP contribution in [0.5, 0.6) is 0 Å². The number of rotatable bonds is 5. The number of hydrogen-bond donors (Lipinski definition) is 2. The van der Waals surface area contributed by atoms with E-state index < -0.39 is 5.91 Å². The first-order chi connectivity index (χ1) is 10.7. The highest BCUT2D eigenvalue weighted by atomic mass is 16.2. The molecule has 112 valence electrons. The van der Waals surface area contributed by atoms with Crippen molar-refractivity contribution in [1.82, 2.24) is 15.7 Å². The molecule has 2 N–H and O–H groups in total. The third-order valence-corrected chi connectivity index (χ3v) is 2.89. The number of benzene rings is 1. The van der Waals surface area contributed by atoms with Crippen molar-refractivity contribution in [3.05, 3.63) is 66.0 Å². The lowest BCUT2D eigenvalue weighted by atomic mass is 10.1. The lowest BCUT2D eigenvalue weighted by molar-refractivity contribution is -0.120. The van der Waals surface area contributed by atoms with E-state index in [9.17, 15) is 9.59 Å². The minimum atomic E-state index is -0.391. The van der Waals surface area contributed by atoms with Crippen LogP contribution in [0.2, 0.25) is 0 Å². The van der Waals surface area contributed by atoms with Gasteiger partial charge < -0.3 is 5.32 Å². The van der Waals surface area contributed by atoms with E-state index in [2.05, 4.69) is 20.8 Å². The van der Waals surface area contributed by atoms with E-state index in [1.165, 1.54) is 12.4 Å². The molecule has 0 atom stereocenters. The molecule has 0 spiro atoms. The summed E-state index contributed by atoms with van der Waals surface area (Å²) in [4.78, 5) is 27.2. The smallest absolute Gasteiger partial charge is 0.259 e. The van der Waals surface area contributed by atoms with Crippen molar-refractivity contribution in [3.8, 4) is 0 Å². The van der Waals surface area contributed by atoms with Crippen molar-refractivity contribution in [1.29, 1.82) is 0 Å². The molecule has 0 aliphatic carbocycles. The Morgan fingerprint density at radius 1 is 1.05 bits per heavy atom. The summed E-state index contributed by atoms with van der Waals surface area (Å²) in [5.41, 5.74) is 4.47. The summed E-state index contributed by atoms with van der Waals surface area (Å²) >= 11 is 0. The Morgan fingerprint density at radius 3 is 2.41 bits per heavy atom. The molecule has 0 saturated heterocycles. The maximum Gasteiger partial charge on any atom is 0.259 e. The van der Waals surface area contributed by atoms with Crippen molar-refractivity contribution in [3.63, 3.8) is 0 Å². The average molecular weight is 296 g/mol. The highest BCUT2D eigenvalue weighted by Crippen LogP contribution is 1.99. The zero-order valence-electron chi connectivity index (χ0n) is 12.1. The summed E-state index contributed by atoms with van der Waals surface area (Å²) in [6.45, 7) is 1.65. The number of hydrazone groups is 1. The van der Waals surface area contributed by atoms with Crippen molar-refractivity contribution in [2.24, 2.45) is 5.10 Å². The fourth-order valence-electron chi connectivity index (χ4n) is 1.70. The molecule has 2 amide bonds. The maximum atomic E-state index is 11.8. The number of nitrogens with zero attached hydrogens (tertiary/aromatic N) is 2. The minimum absolute atomic E-state index is 0.146. The Balaban J connectivity index is 1.82. The Hall–Kier alpha value is -3.02. The van der Waals surface area contributed by atoms with Crippen LogP contribution < -0.4 is 10.7 Å². The van der Waals surface area contributed by atoms with Crippen molar-refractivity contribution >= 4 is 17.5 Å². The lowest BCUT2D eigenvalue weighted by Gasteiger charge is -2.05. The van der Waals surface area contributed by atoms with Gasteiger partial charge in [-0.15, -0.1) is 0 Å². The van der Waals surface area contributed by atoms with Gasteiger partial charge in [0.15, 0.2) is 0 Å². The second-order valence-corrected chi connectivity index (χ2v) is 4.52. The number of carbonyl (C=O) groups excluding carboxylic acids is 2. The van der Waals surface area contributed by atoms with E-state index in [-0.39, 0.29) is 12.5 Å². The van der Waals surface area contributed by atoms with E-state index in [1.54, 1.807) is 19.1 Å². The standard InChI is InChI=1S/C16H16N4O2/c1-12(13-5-3-2-4-6-13)19-20-15(21)11-18-16(22)14-7-9-17-10-8-14/h2-10H,11H2,1H3,(H,18,22)(H,20,21)/b19-12+. The van der Waals surface area contributed by atoms with E-state index >= 15 is 0 Å². The Bertz CT molecular complexity index is 669. The zero-order chi connectivity index (χ0) is 15.8. The van der Waals surface area contributed by atoms with Crippen LogP contribution in [-0.4, -0.2) is 29.1 Å². The molecule has 6 nitrogen and oxygen atoms in total. The summed E-state index contributed by atoms with van der Waals surface area (Å²) in [7, 11) is 0.